The molecule has 2 amide bonds. The van der Waals surface area contributed by atoms with Gasteiger partial charge in [-0.05, 0) is 54.4 Å². The Labute approximate surface area is 195 Å². The van der Waals surface area contributed by atoms with Crippen LogP contribution < -0.4 is 15.4 Å². The second kappa shape index (κ2) is 11.1. The number of amides is 2. The van der Waals surface area contributed by atoms with Crippen molar-refractivity contribution < 1.29 is 18.7 Å². The lowest BCUT2D eigenvalue weighted by Crippen LogP contribution is -2.40. The van der Waals surface area contributed by atoms with Gasteiger partial charge in [0.25, 0.3) is 0 Å². The van der Waals surface area contributed by atoms with Crippen LogP contribution in [0.15, 0.2) is 60.0 Å². The quantitative estimate of drug-likeness (QED) is 0.483. The fourth-order valence-corrected chi connectivity index (χ4v) is 4.12. The van der Waals surface area contributed by atoms with Crippen LogP contribution in [0.3, 0.4) is 0 Å². The molecule has 0 aliphatic carbocycles. The fourth-order valence-electron chi connectivity index (χ4n) is 3.15. The molecule has 0 saturated carbocycles. The van der Waals surface area contributed by atoms with E-state index in [0.29, 0.717) is 16.5 Å². The van der Waals surface area contributed by atoms with Crippen molar-refractivity contribution in [2.45, 2.75) is 6.04 Å². The van der Waals surface area contributed by atoms with Gasteiger partial charge in [-0.15, -0.1) is 11.3 Å². The third kappa shape index (κ3) is 6.53. The van der Waals surface area contributed by atoms with Gasteiger partial charge in [0.05, 0.1) is 31.9 Å². The van der Waals surface area contributed by atoms with E-state index in [-0.39, 0.29) is 30.7 Å². The summed E-state index contributed by atoms with van der Waals surface area (Å²) in [5.74, 6) is -0.425. The average molecular weight is 476 g/mol. The normalized spacial score (nSPS) is 11.8. The summed E-state index contributed by atoms with van der Waals surface area (Å²) in [6, 6.07) is 14.3. The molecule has 1 heterocycles. The van der Waals surface area contributed by atoms with E-state index in [0.717, 1.165) is 10.4 Å². The summed E-state index contributed by atoms with van der Waals surface area (Å²) in [5.41, 5.74) is 1.23. The van der Waals surface area contributed by atoms with Gasteiger partial charge in [-0.1, -0.05) is 29.8 Å². The van der Waals surface area contributed by atoms with Gasteiger partial charge >= 0.3 is 0 Å². The number of likely N-dealkylation sites (N-methyl/N-ethyl adjacent to an activating group) is 1. The Morgan fingerprint density at radius 1 is 1.12 bits per heavy atom. The Hall–Kier alpha value is -2.94. The standard InChI is InChI=1S/C23H23ClFN3O3S/c1-28(13-21(29)26-18-12-16(24)7-10-19(18)31-2)14-22(30)27-23(20-4-3-11-32-20)15-5-8-17(25)9-6-15/h3-12,23H,13-14H2,1-2H3,(H,26,29)(H,27,30). The van der Waals surface area contributed by atoms with Crippen molar-refractivity contribution >= 4 is 40.4 Å². The number of carbonyl (C=O) groups is 2. The summed E-state index contributed by atoms with van der Waals surface area (Å²) in [5, 5.41) is 8.10. The molecule has 1 unspecified atom stereocenters. The highest BCUT2D eigenvalue weighted by Crippen LogP contribution is 2.28. The van der Waals surface area contributed by atoms with Gasteiger partial charge in [0.15, 0.2) is 0 Å². The number of hydrogen-bond donors (Lipinski definition) is 2. The van der Waals surface area contributed by atoms with Crippen LogP contribution in [0.1, 0.15) is 16.5 Å². The number of anilines is 1. The van der Waals surface area contributed by atoms with Gasteiger partial charge in [-0.3, -0.25) is 14.5 Å². The average Bonchev–Trinajstić information content (AvgIpc) is 3.27. The Balaban J connectivity index is 1.60. The second-order valence-corrected chi connectivity index (χ2v) is 8.55. The zero-order valence-corrected chi connectivity index (χ0v) is 19.2. The molecular weight excluding hydrogens is 453 g/mol. The maximum absolute atomic E-state index is 13.3. The van der Waals surface area contributed by atoms with Crippen molar-refractivity contribution in [3.05, 3.63) is 81.3 Å². The SMILES string of the molecule is COc1ccc(Cl)cc1NC(=O)CN(C)CC(=O)NC(c1ccc(F)cc1)c1cccs1. The molecule has 0 aliphatic rings. The first-order valence-electron chi connectivity index (χ1n) is 9.76. The molecule has 0 spiro atoms. The highest BCUT2D eigenvalue weighted by atomic mass is 35.5. The Bertz CT molecular complexity index is 1060. The molecule has 0 radical (unpaired) electrons. The van der Waals surface area contributed by atoms with Crippen molar-refractivity contribution in [3.8, 4) is 5.75 Å². The summed E-state index contributed by atoms with van der Waals surface area (Å²) in [7, 11) is 3.17. The molecule has 3 rings (SSSR count). The summed E-state index contributed by atoms with van der Waals surface area (Å²) in [4.78, 5) is 27.6. The first kappa shape index (κ1) is 23.7. The Kier molecular flexibility index (Phi) is 8.21. The number of carbonyl (C=O) groups excluding carboxylic acids is 2. The van der Waals surface area contributed by atoms with Crippen molar-refractivity contribution in [2.24, 2.45) is 0 Å². The lowest BCUT2D eigenvalue weighted by Gasteiger charge is -2.21. The number of thiophene rings is 1. The van der Waals surface area contributed by atoms with E-state index >= 15 is 0 Å². The molecule has 168 valence electrons. The molecule has 6 nitrogen and oxygen atoms in total. The smallest absolute Gasteiger partial charge is 0.238 e. The highest BCUT2D eigenvalue weighted by Gasteiger charge is 2.20. The first-order valence-corrected chi connectivity index (χ1v) is 11.0. The molecular formula is C23H23ClFN3O3S. The van der Waals surface area contributed by atoms with Gasteiger partial charge < -0.3 is 15.4 Å². The molecule has 0 fully saturated rings. The van der Waals surface area contributed by atoms with E-state index in [2.05, 4.69) is 10.6 Å². The molecule has 2 N–H and O–H groups in total. The summed E-state index contributed by atoms with van der Waals surface area (Å²) in [6.45, 7) is -0.00747. The van der Waals surface area contributed by atoms with Gasteiger partial charge in [0.1, 0.15) is 11.6 Å². The fraction of sp³-hybridized carbons (Fsp3) is 0.217. The van der Waals surface area contributed by atoms with Crippen LogP contribution in [-0.4, -0.2) is 44.0 Å². The maximum Gasteiger partial charge on any atom is 0.238 e. The zero-order chi connectivity index (χ0) is 23.1. The Morgan fingerprint density at radius 2 is 1.84 bits per heavy atom. The summed E-state index contributed by atoms with van der Waals surface area (Å²) in [6.07, 6.45) is 0. The van der Waals surface area contributed by atoms with Crippen LogP contribution >= 0.6 is 22.9 Å². The van der Waals surface area contributed by atoms with Crippen molar-refractivity contribution in [2.75, 3.05) is 32.6 Å². The molecule has 0 saturated heterocycles. The highest BCUT2D eigenvalue weighted by molar-refractivity contribution is 7.10. The number of methoxy groups -OCH3 is 1. The van der Waals surface area contributed by atoms with Gasteiger partial charge in [-0.25, -0.2) is 4.39 Å². The maximum atomic E-state index is 13.3. The number of nitrogens with zero attached hydrogens (tertiary/aromatic N) is 1. The monoisotopic (exact) mass is 475 g/mol. The minimum Gasteiger partial charge on any atom is -0.495 e. The van der Waals surface area contributed by atoms with Crippen LogP contribution in [0.2, 0.25) is 5.02 Å². The van der Waals surface area contributed by atoms with E-state index < -0.39 is 6.04 Å². The number of rotatable bonds is 9. The lowest BCUT2D eigenvalue weighted by atomic mass is 10.1. The summed E-state index contributed by atoms with van der Waals surface area (Å²) < 4.78 is 18.6. The number of ether oxygens (including phenoxy) is 1. The van der Waals surface area contributed by atoms with Crippen LogP contribution in [-0.2, 0) is 9.59 Å². The van der Waals surface area contributed by atoms with Crippen LogP contribution in [0.4, 0.5) is 10.1 Å². The second-order valence-electron chi connectivity index (χ2n) is 7.13. The largest absolute Gasteiger partial charge is 0.495 e. The third-order valence-electron chi connectivity index (χ3n) is 4.60. The number of halogens is 2. The van der Waals surface area contributed by atoms with Crippen molar-refractivity contribution in [3.63, 3.8) is 0 Å². The van der Waals surface area contributed by atoms with E-state index in [9.17, 15) is 14.0 Å². The van der Waals surface area contributed by atoms with Gasteiger partial charge in [0.2, 0.25) is 11.8 Å². The molecule has 32 heavy (non-hydrogen) atoms. The van der Waals surface area contributed by atoms with E-state index in [1.807, 2.05) is 17.5 Å². The molecule has 1 aromatic heterocycles. The molecule has 0 bridgehead atoms. The minimum absolute atomic E-state index is 0.00315. The van der Waals surface area contributed by atoms with Crippen LogP contribution in [0.25, 0.3) is 0 Å². The first-order chi connectivity index (χ1) is 15.4. The number of benzene rings is 2. The minimum atomic E-state index is -0.402. The number of hydrogen-bond acceptors (Lipinski definition) is 5. The van der Waals surface area contributed by atoms with Gasteiger partial charge in [0, 0.05) is 9.90 Å². The van der Waals surface area contributed by atoms with Crippen LogP contribution in [0, 0.1) is 5.82 Å². The lowest BCUT2D eigenvalue weighted by molar-refractivity contribution is -0.123. The third-order valence-corrected chi connectivity index (χ3v) is 5.77. The molecule has 0 aliphatic heterocycles. The predicted molar refractivity (Wildman–Crippen MR) is 125 cm³/mol. The topological polar surface area (TPSA) is 70.7 Å². The molecule has 9 heteroatoms. The van der Waals surface area contributed by atoms with Gasteiger partial charge in [-0.2, -0.15) is 0 Å². The van der Waals surface area contributed by atoms with Crippen molar-refractivity contribution in [1.82, 2.24) is 10.2 Å². The number of nitrogens with one attached hydrogen (secondary N) is 2. The van der Waals surface area contributed by atoms with Crippen LogP contribution in [0.5, 0.6) is 5.75 Å². The van der Waals surface area contributed by atoms with E-state index in [4.69, 9.17) is 16.3 Å². The molecule has 2 aromatic carbocycles. The summed E-state index contributed by atoms with van der Waals surface area (Å²) >= 11 is 7.49. The molecule has 3 aromatic rings. The van der Waals surface area contributed by atoms with E-state index in [1.54, 1.807) is 42.3 Å². The van der Waals surface area contributed by atoms with Crippen molar-refractivity contribution in [1.29, 1.82) is 0 Å². The Morgan fingerprint density at radius 3 is 2.50 bits per heavy atom. The molecule has 1 atom stereocenters. The van der Waals surface area contributed by atoms with E-state index in [1.165, 1.54) is 30.6 Å². The zero-order valence-electron chi connectivity index (χ0n) is 17.6. The predicted octanol–water partition coefficient (Wildman–Crippen LogP) is 4.33.